The highest BCUT2D eigenvalue weighted by atomic mass is 32.2. The van der Waals surface area contributed by atoms with Crippen LogP contribution in [0.15, 0.2) is 40.6 Å². The van der Waals surface area contributed by atoms with Crippen LogP contribution in [0.4, 0.5) is 0 Å². The van der Waals surface area contributed by atoms with E-state index in [1.165, 1.54) is 0 Å². The third-order valence-corrected chi connectivity index (χ3v) is 3.80. The largest absolute Gasteiger partial charge is 0.399 e. The monoisotopic (exact) mass is 259 g/mol. The van der Waals surface area contributed by atoms with Crippen molar-refractivity contribution >= 4 is 18.0 Å². The summed E-state index contributed by atoms with van der Waals surface area (Å²) < 4.78 is 2.19. The van der Waals surface area contributed by atoms with Gasteiger partial charge in [0, 0.05) is 17.9 Å². The molecular weight excluding hydrogens is 246 g/mol. The Morgan fingerprint density at radius 2 is 2.22 bits per heavy atom. The Bertz CT molecular complexity index is 577. The summed E-state index contributed by atoms with van der Waals surface area (Å²) in [6.45, 7) is 0.977. The lowest BCUT2D eigenvalue weighted by molar-refractivity contribution is 0.215. The van der Waals surface area contributed by atoms with Crippen LogP contribution >= 0.6 is 11.8 Å². The molecule has 1 aromatic heterocycles. The van der Waals surface area contributed by atoms with E-state index in [1.54, 1.807) is 25.1 Å². The van der Waals surface area contributed by atoms with E-state index in [9.17, 15) is 0 Å². The first-order valence-corrected chi connectivity index (χ1v) is 6.74. The van der Waals surface area contributed by atoms with Crippen LogP contribution in [0.2, 0.25) is 0 Å². The first kappa shape index (κ1) is 11.3. The summed E-state index contributed by atoms with van der Waals surface area (Å²) in [6.07, 6.45) is 1.74. The van der Waals surface area contributed by atoms with Gasteiger partial charge in [-0.15, -0.1) is 0 Å². The second-order valence-electron chi connectivity index (χ2n) is 3.91. The van der Waals surface area contributed by atoms with E-state index >= 15 is 0 Å². The molecule has 1 aliphatic heterocycles. The number of imidazole rings is 1. The molecular formula is C13H13N3OS. The van der Waals surface area contributed by atoms with Gasteiger partial charge in [-0.1, -0.05) is 47.2 Å². The van der Waals surface area contributed by atoms with Crippen molar-refractivity contribution in [2.45, 2.75) is 11.7 Å². The maximum Gasteiger partial charge on any atom is 0.169 e. The zero-order valence-electron chi connectivity index (χ0n) is 10.0. The molecule has 1 aromatic carbocycles. The Morgan fingerprint density at radius 1 is 1.39 bits per heavy atom. The van der Waals surface area contributed by atoms with Crippen LogP contribution in [0.25, 0.3) is 11.3 Å². The van der Waals surface area contributed by atoms with E-state index in [0.29, 0.717) is 0 Å². The molecule has 5 heteroatoms. The summed E-state index contributed by atoms with van der Waals surface area (Å²) in [5.41, 5.74) is 3.10. The molecule has 1 aliphatic rings. The van der Waals surface area contributed by atoms with Gasteiger partial charge in [0.25, 0.3) is 0 Å². The summed E-state index contributed by atoms with van der Waals surface area (Å²) in [4.78, 5) is 9.48. The Morgan fingerprint density at radius 3 is 3.00 bits per heavy atom. The minimum absolute atomic E-state index is 0.971. The van der Waals surface area contributed by atoms with Crippen LogP contribution in [0, 0.1) is 0 Å². The van der Waals surface area contributed by atoms with Crippen LogP contribution in [-0.2, 0) is 11.4 Å². The SMILES string of the molecule is CO/N=C/c1c(-c2ccccc2)nc2n1CCS2. The Labute approximate surface area is 110 Å². The van der Waals surface area contributed by atoms with Crippen molar-refractivity contribution in [1.82, 2.24) is 9.55 Å². The average Bonchev–Trinajstić information content (AvgIpc) is 2.98. The molecule has 0 saturated carbocycles. The van der Waals surface area contributed by atoms with Crippen LogP contribution in [0.3, 0.4) is 0 Å². The van der Waals surface area contributed by atoms with Gasteiger partial charge in [-0.3, -0.25) is 0 Å². The number of thioether (sulfide) groups is 1. The highest BCUT2D eigenvalue weighted by Crippen LogP contribution is 2.32. The quantitative estimate of drug-likeness (QED) is 0.628. The fourth-order valence-electron chi connectivity index (χ4n) is 2.04. The number of fused-ring (bicyclic) bond motifs is 1. The molecule has 0 unspecified atom stereocenters. The van der Waals surface area contributed by atoms with Gasteiger partial charge in [-0.2, -0.15) is 0 Å². The van der Waals surface area contributed by atoms with Crippen molar-refractivity contribution in [3.05, 3.63) is 36.0 Å². The fourth-order valence-corrected chi connectivity index (χ4v) is 3.00. The normalized spacial score (nSPS) is 14.1. The zero-order chi connectivity index (χ0) is 12.4. The number of hydrogen-bond donors (Lipinski definition) is 0. The van der Waals surface area contributed by atoms with E-state index in [0.717, 1.165) is 34.4 Å². The van der Waals surface area contributed by atoms with Crippen LogP contribution in [0.1, 0.15) is 5.69 Å². The van der Waals surface area contributed by atoms with E-state index in [4.69, 9.17) is 9.82 Å². The van der Waals surface area contributed by atoms with Gasteiger partial charge < -0.3 is 9.40 Å². The summed E-state index contributed by atoms with van der Waals surface area (Å²) >= 11 is 1.78. The van der Waals surface area contributed by atoms with Gasteiger partial charge >= 0.3 is 0 Å². The maximum absolute atomic E-state index is 4.79. The van der Waals surface area contributed by atoms with Crippen LogP contribution in [0.5, 0.6) is 0 Å². The van der Waals surface area contributed by atoms with Crippen molar-refractivity contribution in [3.8, 4) is 11.3 Å². The summed E-state index contributed by atoms with van der Waals surface area (Å²) in [6, 6.07) is 10.2. The highest BCUT2D eigenvalue weighted by molar-refractivity contribution is 7.99. The fraction of sp³-hybridized carbons (Fsp3) is 0.231. The van der Waals surface area contributed by atoms with E-state index in [-0.39, 0.29) is 0 Å². The molecule has 0 fully saturated rings. The van der Waals surface area contributed by atoms with Gasteiger partial charge in [0.2, 0.25) is 0 Å². The molecule has 4 nitrogen and oxygen atoms in total. The average molecular weight is 259 g/mol. The van der Waals surface area contributed by atoms with Gasteiger partial charge in [0.05, 0.1) is 17.6 Å². The molecule has 0 saturated heterocycles. The number of nitrogens with zero attached hydrogens (tertiary/aromatic N) is 3. The van der Waals surface area contributed by atoms with Crippen LogP contribution < -0.4 is 0 Å². The predicted octanol–water partition coefficient (Wildman–Crippen LogP) is 2.64. The molecule has 2 aromatic rings. The topological polar surface area (TPSA) is 39.4 Å². The van der Waals surface area contributed by atoms with E-state index < -0.39 is 0 Å². The smallest absolute Gasteiger partial charge is 0.169 e. The Kier molecular flexibility index (Phi) is 3.06. The molecule has 0 radical (unpaired) electrons. The van der Waals surface area contributed by atoms with Crippen LogP contribution in [-0.4, -0.2) is 28.6 Å². The molecule has 3 rings (SSSR count). The van der Waals surface area contributed by atoms with Crippen molar-refractivity contribution < 1.29 is 4.84 Å². The minimum Gasteiger partial charge on any atom is -0.399 e. The number of hydrogen-bond acceptors (Lipinski definition) is 4. The Balaban J connectivity index is 2.12. The molecule has 0 spiro atoms. The van der Waals surface area contributed by atoms with Crippen molar-refractivity contribution in [2.24, 2.45) is 5.16 Å². The highest BCUT2D eigenvalue weighted by Gasteiger charge is 2.21. The third-order valence-electron chi connectivity index (χ3n) is 2.85. The minimum atomic E-state index is 0.971. The maximum atomic E-state index is 4.79. The lowest BCUT2D eigenvalue weighted by Crippen LogP contribution is -2.00. The summed E-state index contributed by atoms with van der Waals surface area (Å²) in [7, 11) is 1.55. The molecule has 92 valence electrons. The number of aromatic nitrogens is 2. The van der Waals surface area contributed by atoms with Crippen molar-refractivity contribution in [2.75, 3.05) is 12.9 Å². The second kappa shape index (κ2) is 4.86. The molecule has 0 bridgehead atoms. The third kappa shape index (κ3) is 1.90. The first-order valence-electron chi connectivity index (χ1n) is 5.75. The number of rotatable bonds is 3. The van der Waals surface area contributed by atoms with Gasteiger partial charge in [-0.05, 0) is 0 Å². The molecule has 0 N–H and O–H groups in total. The molecule has 0 atom stereocenters. The lowest BCUT2D eigenvalue weighted by atomic mass is 10.1. The standard InChI is InChI=1S/C13H13N3OS/c1-17-14-9-11-12(10-5-3-2-4-6-10)15-13-16(11)7-8-18-13/h2-6,9H,7-8H2,1H3/b14-9+. The summed E-state index contributed by atoms with van der Waals surface area (Å²) in [5, 5.41) is 4.94. The van der Waals surface area contributed by atoms with Crippen molar-refractivity contribution in [1.29, 1.82) is 0 Å². The first-order chi connectivity index (χ1) is 8.90. The number of benzene rings is 1. The second-order valence-corrected chi connectivity index (χ2v) is 4.97. The predicted molar refractivity (Wildman–Crippen MR) is 73.0 cm³/mol. The lowest BCUT2D eigenvalue weighted by Gasteiger charge is -2.02. The van der Waals surface area contributed by atoms with Gasteiger partial charge in [0.15, 0.2) is 5.16 Å². The van der Waals surface area contributed by atoms with E-state index in [2.05, 4.69) is 21.9 Å². The molecule has 18 heavy (non-hydrogen) atoms. The molecule has 0 amide bonds. The zero-order valence-corrected chi connectivity index (χ0v) is 10.9. The molecule has 2 heterocycles. The van der Waals surface area contributed by atoms with E-state index in [1.807, 2.05) is 18.2 Å². The molecule has 0 aliphatic carbocycles. The van der Waals surface area contributed by atoms with Crippen molar-refractivity contribution in [3.63, 3.8) is 0 Å². The number of oxime groups is 1. The Hall–Kier alpha value is -1.75. The summed E-state index contributed by atoms with van der Waals surface area (Å²) in [5.74, 6) is 1.07. The van der Waals surface area contributed by atoms with Gasteiger partial charge in [0.1, 0.15) is 7.11 Å². The van der Waals surface area contributed by atoms with Gasteiger partial charge in [-0.25, -0.2) is 4.98 Å².